The Kier molecular flexibility index (Phi) is 4.12. The van der Waals surface area contributed by atoms with Crippen molar-refractivity contribution in [3.63, 3.8) is 0 Å². The minimum absolute atomic E-state index is 0.383. The molecule has 92 valence electrons. The lowest BCUT2D eigenvalue weighted by atomic mass is 10.0. The minimum Gasteiger partial charge on any atom is -0.467 e. The highest BCUT2D eigenvalue weighted by atomic mass is 16.6. The summed E-state index contributed by atoms with van der Waals surface area (Å²) in [6.45, 7) is 1.11. The Hall–Kier alpha value is -1.39. The molecule has 0 unspecified atom stereocenters. The maximum absolute atomic E-state index is 11.7. The first-order valence-corrected chi connectivity index (χ1v) is 5.69. The van der Waals surface area contributed by atoms with E-state index >= 15 is 0 Å². The molecule has 1 aliphatic heterocycles. The van der Waals surface area contributed by atoms with Crippen LogP contribution in [0.3, 0.4) is 0 Å². The zero-order valence-electron chi connectivity index (χ0n) is 9.80. The summed E-state index contributed by atoms with van der Waals surface area (Å²) in [6, 6.07) is 9.61. The van der Waals surface area contributed by atoms with Crippen LogP contribution < -0.4 is 0 Å². The Labute approximate surface area is 100 Å². The molecule has 1 heterocycles. The van der Waals surface area contributed by atoms with Crippen LogP contribution in [0, 0.1) is 0 Å². The summed E-state index contributed by atoms with van der Waals surface area (Å²) in [6.07, 6.45) is -0.271. The summed E-state index contributed by atoms with van der Waals surface area (Å²) in [5.41, 5.74) is 0.935. The van der Waals surface area contributed by atoms with E-state index in [-0.39, 0.29) is 12.1 Å². The fourth-order valence-corrected chi connectivity index (χ4v) is 1.88. The van der Waals surface area contributed by atoms with Crippen LogP contribution in [0.4, 0.5) is 0 Å². The van der Waals surface area contributed by atoms with Crippen LogP contribution in [0.25, 0.3) is 0 Å². The first-order chi connectivity index (χ1) is 8.33. The number of esters is 1. The van der Waals surface area contributed by atoms with Crippen molar-refractivity contribution in [1.82, 2.24) is 0 Å². The van der Waals surface area contributed by atoms with Gasteiger partial charge in [0.1, 0.15) is 6.10 Å². The predicted molar refractivity (Wildman–Crippen MR) is 61.5 cm³/mol. The summed E-state index contributed by atoms with van der Waals surface area (Å²) in [4.78, 5) is 11.7. The molecule has 17 heavy (non-hydrogen) atoms. The molecule has 0 amide bonds. The third-order valence-corrected chi connectivity index (χ3v) is 2.72. The topological polar surface area (TPSA) is 44.8 Å². The van der Waals surface area contributed by atoms with Crippen molar-refractivity contribution in [2.75, 3.05) is 20.3 Å². The molecule has 1 aromatic rings. The van der Waals surface area contributed by atoms with Gasteiger partial charge in [0, 0.05) is 6.61 Å². The summed E-state index contributed by atoms with van der Waals surface area (Å²) in [5.74, 6) is -0.388. The normalized spacial score (nSPS) is 25.0. The molecule has 2 rings (SSSR count). The van der Waals surface area contributed by atoms with Gasteiger partial charge in [-0.15, -0.1) is 0 Å². The van der Waals surface area contributed by atoms with Crippen LogP contribution in [0.1, 0.15) is 18.1 Å². The Morgan fingerprint density at radius 2 is 1.94 bits per heavy atom. The Morgan fingerprint density at radius 1 is 1.24 bits per heavy atom. The Balaban J connectivity index is 2.23. The average molecular weight is 236 g/mol. The van der Waals surface area contributed by atoms with E-state index < -0.39 is 6.10 Å². The van der Waals surface area contributed by atoms with Gasteiger partial charge in [0.2, 0.25) is 0 Å². The molecular weight excluding hydrogens is 220 g/mol. The fourth-order valence-electron chi connectivity index (χ4n) is 1.88. The highest BCUT2D eigenvalue weighted by molar-refractivity contribution is 5.75. The molecule has 0 saturated carbocycles. The molecule has 1 aromatic carbocycles. The van der Waals surface area contributed by atoms with Gasteiger partial charge in [-0.25, -0.2) is 4.79 Å². The third-order valence-electron chi connectivity index (χ3n) is 2.72. The van der Waals surface area contributed by atoms with Crippen molar-refractivity contribution >= 4 is 5.97 Å². The first kappa shape index (κ1) is 12.1. The predicted octanol–water partition coefficient (Wildman–Crippen LogP) is 1.71. The summed E-state index contributed by atoms with van der Waals surface area (Å²) in [7, 11) is 1.36. The van der Waals surface area contributed by atoms with Crippen molar-refractivity contribution in [2.24, 2.45) is 0 Å². The van der Waals surface area contributed by atoms with Gasteiger partial charge in [-0.05, 0) is 12.0 Å². The number of carbonyl (C=O) groups excluding carboxylic acids is 1. The number of ether oxygens (including phenoxy) is 3. The number of benzene rings is 1. The second kappa shape index (κ2) is 5.80. The third kappa shape index (κ3) is 2.84. The molecule has 1 fully saturated rings. The number of hydrogen-bond acceptors (Lipinski definition) is 4. The standard InChI is InChI=1S/C13H16O4/c1-15-13(14)12-11(16-8-5-9-17-12)10-6-3-2-4-7-10/h2-4,6-7,11-12H,5,8-9H2,1H3/t11-,12-/m0/s1. The molecule has 0 aromatic heterocycles. The van der Waals surface area contributed by atoms with Gasteiger partial charge in [0.25, 0.3) is 0 Å². The van der Waals surface area contributed by atoms with Gasteiger partial charge >= 0.3 is 5.97 Å². The van der Waals surface area contributed by atoms with Gasteiger partial charge in [-0.1, -0.05) is 30.3 Å². The lowest BCUT2D eigenvalue weighted by molar-refractivity contribution is -0.161. The molecule has 1 saturated heterocycles. The zero-order chi connectivity index (χ0) is 12.1. The Morgan fingerprint density at radius 3 is 2.65 bits per heavy atom. The van der Waals surface area contributed by atoms with Crippen LogP contribution in [-0.4, -0.2) is 32.4 Å². The van der Waals surface area contributed by atoms with E-state index in [9.17, 15) is 4.79 Å². The van der Waals surface area contributed by atoms with Gasteiger partial charge in [0.05, 0.1) is 13.7 Å². The van der Waals surface area contributed by atoms with Crippen molar-refractivity contribution in [3.8, 4) is 0 Å². The number of carbonyl (C=O) groups is 1. The van der Waals surface area contributed by atoms with E-state index in [1.807, 2.05) is 30.3 Å². The summed E-state index contributed by atoms with van der Waals surface area (Å²) >= 11 is 0. The first-order valence-electron chi connectivity index (χ1n) is 5.69. The molecule has 1 aliphatic rings. The quantitative estimate of drug-likeness (QED) is 0.733. The Bertz CT molecular complexity index is 363. The highest BCUT2D eigenvalue weighted by Crippen LogP contribution is 2.26. The number of hydrogen-bond donors (Lipinski definition) is 0. The van der Waals surface area contributed by atoms with Crippen molar-refractivity contribution in [2.45, 2.75) is 18.6 Å². The molecular formula is C13H16O4. The van der Waals surface area contributed by atoms with Gasteiger partial charge in [-0.3, -0.25) is 0 Å². The van der Waals surface area contributed by atoms with E-state index in [0.717, 1.165) is 12.0 Å². The van der Waals surface area contributed by atoms with E-state index in [2.05, 4.69) is 0 Å². The smallest absolute Gasteiger partial charge is 0.338 e. The average Bonchev–Trinajstić information content (AvgIpc) is 2.64. The van der Waals surface area contributed by atoms with Crippen LogP contribution in [-0.2, 0) is 19.0 Å². The second-order valence-corrected chi connectivity index (χ2v) is 3.87. The SMILES string of the molecule is COC(=O)[C@H]1OCCCO[C@H]1c1ccccc1. The van der Waals surface area contributed by atoms with E-state index in [1.54, 1.807) is 0 Å². The largest absolute Gasteiger partial charge is 0.467 e. The number of rotatable bonds is 2. The van der Waals surface area contributed by atoms with Crippen molar-refractivity contribution in [1.29, 1.82) is 0 Å². The lowest BCUT2D eigenvalue weighted by Crippen LogP contribution is -2.32. The summed E-state index contributed by atoms with van der Waals surface area (Å²) in [5, 5.41) is 0. The molecule has 0 bridgehead atoms. The van der Waals surface area contributed by atoms with Crippen molar-refractivity contribution in [3.05, 3.63) is 35.9 Å². The van der Waals surface area contributed by atoms with Crippen LogP contribution >= 0.6 is 0 Å². The molecule has 0 spiro atoms. The van der Waals surface area contributed by atoms with E-state index in [1.165, 1.54) is 7.11 Å². The monoisotopic (exact) mass is 236 g/mol. The van der Waals surface area contributed by atoms with E-state index in [4.69, 9.17) is 14.2 Å². The van der Waals surface area contributed by atoms with Gasteiger partial charge < -0.3 is 14.2 Å². The van der Waals surface area contributed by atoms with Crippen molar-refractivity contribution < 1.29 is 19.0 Å². The van der Waals surface area contributed by atoms with Crippen LogP contribution in [0.5, 0.6) is 0 Å². The lowest BCUT2D eigenvalue weighted by Gasteiger charge is -2.22. The molecule has 0 aliphatic carbocycles. The van der Waals surface area contributed by atoms with Gasteiger partial charge in [0.15, 0.2) is 6.10 Å². The molecule has 4 heteroatoms. The molecule has 4 nitrogen and oxygen atoms in total. The second-order valence-electron chi connectivity index (χ2n) is 3.87. The minimum atomic E-state index is -0.676. The van der Waals surface area contributed by atoms with Crippen LogP contribution in [0.2, 0.25) is 0 Å². The molecule has 0 N–H and O–H groups in total. The zero-order valence-corrected chi connectivity index (χ0v) is 9.80. The molecule has 2 atom stereocenters. The van der Waals surface area contributed by atoms with E-state index in [0.29, 0.717) is 13.2 Å². The number of methoxy groups -OCH3 is 1. The summed E-state index contributed by atoms with van der Waals surface area (Å²) < 4.78 is 16.0. The van der Waals surface area contributed by atoms with Gasteiger partial charge in [-0.2, -0.15) is 0 Å². The molecule has 0 radical (unpaired) electrons. The maximum atomic E-state index is 11.7. The maximum Gasteiger partial charge on any atom is 0.338 e. The van der Waals surface area contributed by atoms with Crippen LogP contribution in [0.15, 0.2) is 30.3 Å². The highest BCUT2D eigenvalue weighted by Gasteiger charge is 2.33. The fraction of sp³-hybridized carbons (Fsp3) is 0.462.